The standard InChI is InChI=1S/C19H18ClN5O2S2/c1-11-4-5-13(10-15(11)20)16-8-6-14(27-16)7-9-17(26)21-18(28)24-25-12(2)22-23-19(25)29-3/h4-10H,1-3H3,(H2,21,24,26,28)/b9-7+. The minimum absolute atomic E-state index is 0.132. The number of carbonyl (C=O) groups is 1. The third-order valence-electron chi connectivity index (χ3n) is 3.91. The molecule has 0 aliphatic heterocycles. The number of hydrogen-bond acceptors (Lipinski definition) is 6. The lowest BCUT2D eigenvalue weighted by atomic mass is 10.1. The maximum Gasteiger partial charge on any atom is 0.250 e. The van der Waals surface area contributed by atoms with Gasteiger partial charge in [0, 0.05) is 16.7 Å². The summed E-state index contributed by atoms with van der Waals surface area (Å²) in [5.41, 5.74) is 4.73. The van der Waals surface area contributed by atoms with Gasteiger partial charge >= 0.3 is 0 Å². The molecule has 0 aliphatic rings. The Hall–Kier alpha value is -2.62. The maximum absolute atomic E-state index is 12.1. The molecule has 10 heteroatoms. The highest BCUT2D eigenvalue weighted by Gasteiger charge is 2.10. The second-order valence-electron chi connectivity index (χ2n) is 6.00. The predicted octanol–water partition coefficient (Wildman–Crippen LogP) is 4.19. The Morgan fingerprint density at radius 1 is 1.28 bits per heavy atom. The highest BCUT2D eigenvalue weighted by Crippen LogP contribution is 2.27. The van der Waals surface area contributed by atoms with Crippen molar-refractivity contribution in [3.63, 3.8) is 0 Å². The summed E-state index contributed by atoms with van der Waals surface area (Å²) < 4.78 is 7.35. The van der Waals surface area contributed by atoms with Gasteiger partial charge in [0.25, 0.3) is 0 Å². The van der Waals surface area contributed by atoms with E-state index in [1.807, 2.05) is 37.4 Å². The summed E-state index contributed by atoms with van der Waals surface area (Å²) in [6.45, 7) is 3.71. The Balaban J connectivity index is 1.60. The maximum atomic E-state index is 12.1. The molecule has 1 amide bonds. The lowest BCUT2D eigenvalue weighted by Crippen LogP contribution is -2.37. The first kappa shape index (κ1) is 21.1. The van der Waals surface area contributed by atoms with E-state index in [9.17, 15) is 4.79 Å². The molecule has 0 unspecified atom stereocenters. The molecule has 3 rings (SSSR count). The van der Waals surface area contributed by atoms with Crippen LogP contribution in [0.1, 0.15) is 17.1 Å². The normalized spacial score (nSPS) is 11.0. The molecule has 1 aromatic carbocycles. The molecule has 150 valence electrons. The molecule has 0 saturated heterocycles. The molecular formula is C19H18ClN5O2S2. The number of nitrogens with zero attached hydrogens (tertiary/aromatic N) is 3. The van der Waals surface area contributed by atoms with E-state index < -0.39 is 5.91 Å². The Kier molecular flexibility index (Phi) is 6.73. The van der Waals surface area contributed by atoms with Crippen molar-refractivity contribution in [1.82, 2.24) is 20.2 Å². The number of halogens is 1. The summed E-state index contributed by atoms with van der Waals surface area (Å²) in [6.07, 6.45) is 4.77. The monoisotopic (exact) mass is 447 g/mol. The fraction of sp³-hybridized carbons (Fsp3) is 0.158. The number of aromatic nitrogens is 3. The number of amides is 1. The van der Waals surface area contributed by atoms with Gasteiger partial charge in [-0.25, -0.2) is 4.68 Å². The van der Waals surface area contributed by atoms with Crippen molar-refractivity contribution in [3.05, 3.63) is 58.6 Å². The fourth-order valence-electron chi connectivity index (χ4n) is 2.39. The van der Waals surface area contributed by atoms with Crippen LogP contribution in [0.4, 0.5) is 0 Å². The minimum atomic E-state index is -0.393. The van der Waals surface area contributed by atoms with Crippen molar-refractivity contribution < 1.29 is 9.21 Å². The number of thiocarbonyl (C=S) groups is 1. The number of aryl methyl sites for hydroxylation is 2. The van der Waals surface area contributed by atoms with Gasteiger partial charge in [-0.05, 0) is 62.2 Å². The van der Waals surface area contributed by atoms with Crippen molar-refractivity contribution in [2.45, 2.75) is 19.0 Å². The number of benzene rings is 1. The van der Waals surface area contributed by atoms with Gasteiger partial charge in [-0.3, -0.25) is 15.5 Å². The van der Waals surface area contributed by atoms with E-state index in [-0.39, 0.29) is 5.11 Å². The highest BCUT2D eigenvalue weighted by molar-refractivity contribution is 7.98. The second-order valence-corrected chi connectivity index (χ2v) is 7.59. The minimum Gasteiger partial charge on any atom is -0.457 e. The quantitative estimate of drug-likeness (QED) is 0.344. The summed E-state index contributed by atoms with van der Waals surface area (Å²) >= 11 is 12.7. The molecule has 2 aromatic heterocycles. The van der Waals surface area contributed by atoms with E-state index in [2.05, 4.69) is 20.9 Å². The van der Waals surface area contributed by atoms with Crippen LogP contribution in [0.25, 0.3) is 17.4 Å². The Morgan fingerprint density at radius 3 is 2.79 bits per heavy atom. The van der Waals surface area contributed by atoms with Crippen LogP contribution < -0.4 is 10.7 Å². The van der Waals surface area contributed by atoms with E-state index in [0.29, 0.717) is 27.5 Å². The van der Waals surface area contributed by atoms with Gasteiger partial charge in [0.15, 0.2) is 5.11 Å². The van der Waals surface area contributed by atoms with E-state index in [1.165, 1.54) is 17.8 Å². The van der Waals surface area contributed by atoms with Crippen LogP contribution in [0.3, 0.4) is 0 Å². The van der Waals surface area contributed by atoms with Crippen molar-refractivity contribution in [1.29, 1.82) is 0 Å². The molecule has 0 spiro atoms. The van der Waals surface area contributed by atoms with Gasteiger partial charge in [-0.2, -0.15) is 0 Å². The lowest BCUT2D eigenvalue weighted by Gasteiger charge is -2.11. The summed E-state index contributed by atoms with van der Waals surface area (Å²) in [7, 11) is 0. The van der Waals surface area contributed by atoms with Gasteiger partial charge in [0.1, 0.15) is 17.3 Å². The molecule has 2 N–H and O–H groups in total. The fourth-order valence-corrected chi connectivity index (χ4v) is 3.24. The van der Waals surface area contributed by atoms with Crippen LogP contribution in [0, 0.1) is 13.8 Å². The van der Waals surface area contributed by atoms with Gasteiger partial charge < -0.3 is 4.42 Å². The average molecular weight is 448 g/mol. The van der Waals surface area contributed by atoms with Gasteiger partial charge in [0.05, 0.1) is 0 Å². The van der Waals surface area contributed by atoms with E-state index >= 15 is 0 Å². The summed E-state index contributed by atoms with van der Waals surface area (Å²) in [5, 5.41) is 11.9. The SMILES string of the molecule is CSc1nnc(C)n1NC(=S)NC(=O)/C=C/c1ccc(-c2ccc(C)c(Cl)c2)o1. The number of carbonyl (C=O) groups excluding carboxylic acids is 1. The summed E-state index contributed by atoms with van der Waals surface area (Å²) in [4.78, 5) is 12.1. The zero-order valence-corrected chi connectivity index (χ0v) is 18.3. The molecule has 0 saturated carbocycles. The third kappa shape index (κ3) is 5.26. The van der Waals surface area contributed by atoms with Crippen LogP contribution in [-0.4, -0.2) is 32.1 Å². The van der Waals surface area contributed by atoms with Gasteiger partial charge in [-0.15, -0.1) is 10.2 Å². The van der Waals surface area contributed by atoms with E-state index in [0.717, 1.165) is 11.1 Å². The third-order valence-corrected chi connectivity index (χ3v) is 5.14. The van der Waals surface area contributed by atoms with Gasteiger partial charge in [-0.1, -0.05) is 35.5 Å². The van der Waals surface area contributed by atoms with Crippen molar-refractivity contribution in [2.24, 2.45) is 0 Å². The van der Waals surface area contributed by atoms with Crippen molar-refractivity contribution >= 4 is 52.7 Å². The van der Waals surface area contributed by atoms with Crippen LogP contribution >= 0.6 is 35.6 Å². The van der Waals surface area contributed by atoms with E-state index in [4.69, 9.17) is 28.2 Å². The molecule has 29 heavy (non-hydrogen) atoms. The predicted molar refractivity (Wildman–Crippen MR) is 120 cm³/mol. The van der Waals surface area contributed by atoms with Gasteiger partial charge in [0.2, 0.25) is 11.1 Å². The molecular weight excluding hydrogens is 430 g/mol. The molecule has 0 fully saturated rings. The first-order chi connectivity index (χ1) is 13.9. The summed E-state index contributed by atoms with van der Waals surface area (Å²) in [6, 6.07) is 9.30. The second kappa shape index (κ2) is 9.25. The molecule has 0 atom stereocenters. The Labute approximate surface area is 182 Å². The van der Waals surface area contributed by atoms with Crippen LogP contribution in [0.2, 0.25) is 5.02 Å². The smallest absolute Gasteiger partial charge is 0.250 e. The largest absolute Gasteiger partial charge is 0.457 e. The average Bonchev–Trinajstić information content (AvgIpc) is 3.29. The first-order valence-corrected chi connectivity index (χ1v) is 10.5. The van der Waals surface area contributed by atoms with Crippen LogP contribution in [0.15, 0.2) is 46.0 Å². The van der Waals surface area contributed by atoms with Crippen LogP contribution in [-0.2, 0) is 4.79 Å². The topological polar surface area (TPSA) is 85.0 Å². The molecule has 0 aliphatic carbocycles. The Bertz CT molecular complexity index is 1090. The molecule has 3 aromatic rings. The highest BCUT2D eigenvalue weighted by atomic mass is 35.5. The number of thioether (sulfide) groups is 1. The van der Waals surface area contributed by atoms with E-state index in [1.54, 1.807) is 23.7 Å². The zero-order valence-electron chi connectivity index (χ0n) is 15.9. The molecule has 2 heterocycles. The molecule has 0 radical (unpaired) electrons. The number of nitrogens with one attached hydrogen (secondary N) is 2. The van der Waals surface area contributed by atoms with Crippen molar-refractivity contribution in [3.8, 4) is 11.3 Å². The first-order valence-electron chi connectivity index (χ1n) is 8.50. The number of hydrogen-bond donors (Lipinski definition) is 2. The summed E-state index contributed by atoms with van der Waals surface area (Å²) in [5.74, 6) is 1.43. The van der Waals surface area contributed by atoms with Crippen LogP contribution in [0.5, 0.6) is 0 Å². The van der Waals surface area contributed by atoms with Crippen molar-refractivity contribution in [2.75, 3.05) is 11.7 Å². The lowest BCUT2D eigenvalue weighted by molar-refractivity contribution is -0.115. The Morgan fingerprint density at radius 2 is 2.07 bits per heavy atom. The number of furan rings is 1. The molecule has 0 bridgehead atoms. The molecule has 7 nitrogen and oxygen atoms in total. The zero-order chi connectivity index (χ0) is 21.0. The number of rotatable bonds is 5.